The summed E-state index contributed by atoms with van der Waals surface area (Å²) in [6, 6.07) is 30.8. The van der Waals surface area contributed by atoms with Crippen molar-refractivity contribution in [3.05, 3.63) is 137 Å². The van der Waals surface area contributed by atoms with Crippen LogP contribution in [0.5, 0.6) is 23.3 Å². The lowest BCUT2D eigenvalue weighted by Crippen LogP contribution is -2.40. The highest BCUT2D eigenvalue weighted by molar-refractivity contribution is 7.92. The first-order valence-corrected chi connectivity index (χ1v) is 26.2. The highest BCUT2D eigenvalue weighted by Gasteiger charge is 2.35. The van der Waals surface area contributed by atoms with Crippen LogP contribution in [0.15, 0.2) is 109 Å². The average molecular weight is 1020 g/mol. The van der Waals surface area contributed by atoms with E-state index in [0.717, 1.165) is 32.9 Å². The van der Waals surface area contributed by atoms with Crippen LogP contribution in [-0.2, 0) is 34.5 Å². The van der Waals surface area contributed by atoms with Crippen molar-refractivity contribution in [3.63, 3.8) is 0 Å². The number of nitrogens with zero attached hydrogens (tertiary/aromatic N) is 9. The van der Waals surface area contributed by atoms with Crippen LogP contribution in [0.1, 0.15) is 72.1 Å². The van der Waals surface area contributed by atoms with E-state index in [0.29, 0.717) is 80.4 Å². The van der Waals surface area contributed by atoms with Gasteiger partial charge in [0.2, 0.25) is 21.9 Å². The number of carbonyl (C=O) groups excluding carboxylic acids is 2. The van der Waals surface area contributed by atoms with Crippen molar-refractivity contribution in [1.29, 1.82) is 0 Å². The number of hydrogen-bond acceptors (Lipinski definition) is 15. The number of para-hydroxylation sites is 1. The number of fused-ring (bicyclic) bond motifs is 2. The van der Waals surface area contributed by atoms with Crippen molar-refractivity contribution in [2.45, 2.75) is 59.2 Å². The van der Waals surface area contributed by atoms with Gasteiger partial charge in [-0.05, 0) is 97.4 Å². The lowest BCUT2D eigenvalue weighted by atomic mass is 9.95. The van der Waals surface area contributed by atoms with E-state index in [-0.39, 0.29) is 75.7 Å². The number of sulfonamides is 1. The Balaban J connectivity index is 0.766. The highest BCUT2D eigenvalue weighted by Crippen LogP contribution is 2.42. The van der Waals surface area contributed by atoms with E-state index in [9.17, 15) is 33.3 Å². The molecule has 384 valence electrons. The molecule has 2 aromatic heterocycles. The van der Waals surface area contributed by atoms with Gasteiger partial charge in [0.05, 0.1) is 47.2 Å². The van der Waals surface area contributed by atoms with Gasteiger partial charge in [-0.3, -0.25) is 14.5 Å². The lowest BCUT2D eigenvalue weighted by molar-refractivity contribution is -0.125. The molecule has 2 aliphatic rings. The Hall–Kier alpha value is -8.23. The summed E-state index contributed by atoms with van der Waals surface area (Å²) in [7, 11) is -0.339. The summed E-state index contributed by atoms with van der Waals surface area (Å²) in [5.74, 6) is 0.241. The van der Waals surface area contributed by atoms with E-state index in [2.05, 4.69) is 52.7 Å². The number of aromatic hydroxyl groups is 3. The van der Waals surface area contributed by atoms with Gasteiger partial charge in [0.25, 0.3) is 5.91 Å². The van der Waals surface area contributed by atoms with Crippen LogP contribution in [0.25, 0.3) is 17.1 Å². The van der Waals surface area contributed by atoms with Crippen molar-refractivity contribution >= 4 is 56.4 Å². The van der Waals surface area contributed by atoms with Crippen molar-refractivity contribution in [2.75, 3.05) is 59.5 Å². The third-order valence-corrected chi connectivity index (χ3v) is 14.3. The fourth-order valence-corrected chi connectivity index (χ4v) is 10.4. The molecule has 4 heterocycles. The van der Waals surface area contributed by atoms with E-state index in [4.69, 9.17) is 4.74 Å². The third kappa shape index (κ3) is 10.6. The minimum Gasteiger partial charge on any atom is -0.508 e. The molecule has 1 fully saturated rings. The molecular formula is C54H59N11O8S. The van der Waals surface area contributed by atoms with Gasteiger partial charge in [0, 0.05) is 63.5 Å². The Kier molecular flexibility index (Phi) is 14.4. The predicted molar refractivity (Wildman–Crippen MR) is 283 cm³/mol. The number of carbonyl (C=O) groups is 2. The number of anilines is 6. The topological polar surface area (TPSA) is 232 Å². The van der Waals surface area contributed by atoms with Gasteiger partial charge < -0.3 is 40.5 Å². The summed E-state index contributed by atoms with van der Waals surface area (Å²) in [6.07, 6.45) is 3.85. The van der Waals surface area contributed by atoms with Gasteiger partial charge in [0.15, 0.2) is 11.6 Å². The fraction of sp³-hybridized carbons (Fsp3) is 0.296. The molecule has 74 heavy (non-hydrogen) atoms. The Morgan fingerprint density at radius 3 is 2.18 bits per heavy atom. The first-order valence-electron chi connectivity index (χ1n) is 24.3. The molecule has 1 saturated heterocycles. The van der Waals surface area contributed by atoms with Gasteiger partial charge in [-0.15, -0.1) is 5.10 Å². The van der Waals surface area contributed by atoms with Crippen molar-refractivity contribution in [1.82, 2.24) is 34.9 Å². The number of benzene rings is 5. The summed E-state index contributed by atoms with van der Waals surface area (Å²) in [5, 5.41) is 46.0. The Labute approximate surface area is 429 Å². The summed E-state index contributed by atoms with van der Waals surface area (Å²) in [5.41, 5.74) is 6.91. The minimum absolute atomic E-state index is 0.00866. The van der Waals surface area contributed by atoms with Crippen LogP contribution in [0.3, 0.4) is 0 Å². The standard InChI is InChI=1S/C54H59N11O8S/c1-7-73-48-26-39(20-21-43(48)57-53-56-30-45-50(58-53)65(74(6,71)72)44-11-9-8-10-40(44)52(69)62(45)5)63-24-22-37(23-25-63)51(68)55-29-34-12-14-35(15-13-34)31-61(4)32-36-16-18-38(19-17-36)64-49(59-60-54(64)70)42-27-41(33(2)3)46(66)28-47(42)67/h8-21,26-28,30,33,37,66-67H,7,22-25,29,31-32H2,1-6H3,(H,55,68)(H,60,70)(H,56,57,58). The zero-order valence-electron chi connectivity index (χ0n) is 42.0. The smallest absolute Gasteiger partial charge is 0.319 e. The summed E-state index contributed by atoms with van der Waals surface area (Å²) >= 11 is 0. The van der Waals surface area contributed by atoms with Crippen LogP contribution in [0.2, 0.25) is 0 Å². The number of hydrogen-bond donors (Lipinski definition) is 5. The molecule has 2 aliphatic heterocycles. The number of aromatic nitrogens is 5. The SMILES string of the molecule is CCOc1cc(N2CCC(C(=O)NCc3ccc(CN(C)Cc4ccc(-n5c(O)nnc5-c5cc(C(C)C)c(O)cc5O)cc4)cc3)CC2)ccc1Nc1ncc2c(n1)N(S(C)(=O)=O)c1ccccc1C(=O)N2C. The molecule has 0 unspecified atom stereocenters. The number of rotatable bonds is 16. The molecule has 19 nitrogen and oxygen atoms in total. The average Bonchev–Trinajstić information content (AvgIpc) is 3.72. The van der Waals surface area contributed by atoms with E-state index in [1.807, 2.05) is 82.4 Å². The van der Waals surface area contributed by atoms with Crippen LogP contribution in [-0.4, -0.2) is 105 Å². The minimum atomic E-state index is -3.93. The van der Waals surface area contributed by atoms with Crippen LogP contribution in [0.4, 0.5) is 34.5 Å². The molecule has 0 aliphatic carbocycles. The third-order valence-electron chi connectivity index (χ3n) is 13.3. The number of piperidine rings is 1. The van der Waals surface area contributed by atoms with Gasteiger partial charge in [-0.2, -0.15) is 4.98 Å². The Morgan fingerprint density at radius 2 is 1.50 bits per heavy atom. The number of ether oxygens (including phenoxy) is 1. The lowest BCUT2D eigenvalue weighted by Gasteiger charge is -2.33. The van der Waals surface area contributed by atoms with Crippen LogP contribution >= 0.6 is 0 Å². The fourth-order valence-electron chi connectivity index (χ4n) is 9.44. The molecule has 2 amide bonds. The maximum absolute atomic E-state index is 13.4. The first-order chi connectivity index (χ1) is 35.5. The molecule has 0 atom stereocenters. The van der Waals surface area contributed by atoms with Crippen LogP contribution < -0.4 is 29.5 Å². The zero-order valence-corrected chi connectivity index (χ0v) is 42.8. The van der Waals surface area contributed by atoms with E-state index < -0.39 is 10.0 Å². The second-order valence-electron chi connectivity index (χ2n) is 18.9. The second-order valence-corrected chi connectivity index (χ2v) is 20.8. The van der Waals surface area contributed by atoms with Crippen molar-refractivity contribution in [3.8, 4) is 40.3 Å². The Bertz CT molecular complexity index is 3320. The number of phenols is 2. The van der Waals surface area contributed by atoms with E-state index >= 15 is 0 Å². The van der Waals surface area contributed by atoms with Gasteiger partial charge in [-0.25, -0.2) is 22.3 Å². The van der Waals surface area contributed by atoms with Crippen molar-refractivity contribution in [2.24, 2.45) is 5.92 Å². The monoisotopic (exact) mass is 1020 g/mol. The molecule has 5 N–H and O–H groups in total. The van der Waals surface area contributed by atoms with Gasteiger partial charge in [0.1, 0.15) is 22.9 Å². The quantitative estimate of drug-likeness (QED) is 0.0618. The molecule has 7 aromatic rings. The normalized spacial score (nSPS) is 14.0. The summed E-state index contributed by atoms with van der Waals surface area (Å²) in [6.45, 7) is 9.25. The molecule has 0 saturated carbocycles. The Morgan fingerprint density at radius 1 is 0.838 bits per heavy atom. The number of nitrogens with one attached hydrogen (secondary N) is 2. The molecule has 0 spiro atoms. The molecule has 20 heteroatoms. The maximum Gasteiger partial charge on any atom is 0.319 e. The molecule has 0 radical (unpaired) electrons. The maximum atomic E-state index is 13.4. The van der Waals surface area contributed by atoms with Gasteiger partial charge >= 0.3 is 6.01 Å². The predicted octanol–water partition coefficient (Wildman–Crippen LogP) is 7.96. The molecule has 5 aromatic carbocycles. The molecular weight excluding hydrogens is 963 g/mol. The summed E-state index contributed by atoms with van der Waals surface area (Å²) < 4.78 is 35.1. The molecule has 0 bridgehead atoms. The number of phenolic OH excluding ortho intramolecular Hbond substituents is 2. The van der Waals surface area contributed by atoms with E-state index in [1.54, 1.807) is 37.4 Å². The van der Waals surface area contributed by atoms with Gasteiger partial charge in [-0.1, -0.05) is 67.5 Å². The highest BCUT2D eigenvalue weighted by atomic mass is 32.2. The van der Waals surface area contributed by atoms with Crippen LogP contribution in [0, 0.1) is 5.92 Å². The summed E-state index contributed by atoms with van der Waals surface area (Å²) in [4.78, 5) is 41.6. The molecule has 9 rings (SSSR count). The zero-order chi connectivity index (χ0) is 52.4. The number of amides is 2. The largest absolute Gasteiger partial charge is 0.508 e. The second kappa shape index (κ2) is 21.1. The van der Waals surface area contributed by atoms with E-state index in [1.165, 1.54) is 21.7 Å². The first kappa shape index (κ1) is 50.7. The van der Waals surface area contributed by atoms with Crippen molar-refractivity contribution < 1.29 is 38.1 Å².